The van der Waals surface area contributed by atoms with E-state index in [2.05, 4.69) is 0 Å². The van der Waals surface area contributed by atoms with Crippen LogP contribution >= 0.6 is 0 Å². The number of esters is 1. The van der Waals surface area contributed by atoms with Crippen LogP contribution in [0.2, 0.25) is 0 Å². The second-order valence-corrected chi connectivity index (χ2v) is 4.79. The summed E-state index contributed by atoms with van der Waals surface area (Å²) < 4.78 is 4.91. The zero-order valence-electron chi connectivity index (χ0n) is 12.8. The molecular formula is C16H17N3O4. The van der Waals surface area contributed by atoms with E-state index in [1.165, 1.54) is 17.0 Å². The number of phenols is 1. The number of benzene rings is 1. The summed E-state index contributed by atoms with van der Waals surface area (Å²) >= 11 is 0. The van der Waals surface area contributed by atoms with E-state index >= 15 is 0 Å². The van der Waals surface area contributed by atoms with Gasteiger partial charge in [-0.3, -0.25) is 4.79 Å². The second kappa shape index (κ2) is 9.06. The van der Waals surface area contributed by atoms with Gasteiger partial charge in [0.1, 0.15) is 11.3 Å². The Morgan fingerprint density at radius 1 is 1.22 bits per heavy atom. The molecule has 1 aromatic rings. The molecule has 1 N–H and O–H groups in total. The number of hydrogen-bond acceptors (Lipinski definition) is 6. The standard InChI is InChI=1S/C16H17N3O4/c1-12-4-5-14(20)13(10-12)16(22)23-11-15(21)19(8-2-6-17)9-3-7-18/h4-5,10,20H,2-3,8-9,11H2,1H3. The fourth-order valence-corrected chi connectivity index (χ4v) is 1.84. The molecular weight excluding hydrogens is 298 g/mol. The van der Waals surface area contributed by atoms with Crippen LogP contribution in [-0.4, -0.2) is 41.6 Å². The normalized spacial score (nSPS) is 9.52. The summed E-state index contributed by atoms with van der Waals surface area (Å²) in [5, 5.41) is 26.8. The van der Waals surface area contributed by atoms with Gasteiger partial charge in [0.2, 0.25) is 0 Å². The van der Waals surface area contributed by atoms with Gasteiger partial charge >= 0.3 is 5.97 Å². The summed E-state index contributed by atoms with van der Waals surface area (Å²) in [6.45, 7) is 1.59. The largest absolute Gasteiger partial charge is 0.507 e. The van der Waals surface area contributed by atoms with Crippen molar-refractivity contribution in [2.24, 2.45) is 0 Å². The summed E-state index contributed by atoms with van der Waals surface area (Å²) in [5.74, 6) is -1.52. The molecule has 0 aromatic heterocycles. The average molecular weight is 315 g/mol. The number of ether oxygens (including phenoxy) is 1. The third kappa shape index (κ3) is 5.68. The summed E-state index contributed by atoms with van der Waals surface area (Å²) in [6.07, 6.45) is 0.258. The molecule has 0 saturated heterocycles. The lowest BCUT2D eigenvalue weighted by molar-refractivity contribution is -0.134. The van der Waals surface area contributed by atoms with Crippen LogP contribution in [0.25, 0.3) is 0 Å². The molecule has 0 aliphatic rings. The minimum atomic E-state index is -0.805. The monoisotopic (exact) mass is 315 g/mol. The van der Waals surface area contributed by atoms with Crippen molar-refractivity contribution in [3.63, 3.8) is 0 Å². The fraction of sp³-hybridized carbons (Fsp3) is 0.375. The van der Waals surface area contributed by atoms with Gasteiger partial charge in [0.05, 0.1) is 25.0 Å². The first kappa shape index (κ1) is 18.0. The molecule has 0 spiro atoms. The number of nitrogens with zero attached hydrogens (tertiary/aromatic N) is 3. The van der Waals surface area contributed by atoms with Crippen molar-refractivity contribution in [1.82, 2.24) is 4.90 Å². The lowest BCUT2D eigenvalue weighted by Gasteiger charge is -2.20. The fourth-order valence-electron chi connectivity index (χ4n) is 1.84. The highest BCUT2D eigenvalue weighted by Crippen LogP contribution is 2.19. The van der Waals surface area contributed by atoms with Crippen LogP contribution in [-0.2, 0) is 9.53 Å². The second-order valence-electron chi connectivity index (χ2n) is 4.79. The van der Waals surface area contributed by atoms with E-state index in [4.69, 9.17) is 15.3 Å². The number of hydrogen-bond donors (Lipinski definition) is 1. The van der Waals surface area contributed by atoms with E-state index in [-0.39, 0.29) is 37.2 Å². The van der Waals surface area contributed by atoms with Gasteiger partial charge in [-0.2, -0.15) is 10.5 Å². The molecule has 0 atom stereocenters. The molecule has 23 heavy (non-hydrogen) atoms. The summed E-state index contributed by atoms with van der Waals surface area (Å²) in [7, 11) is 0. The molecule has 0 aliphatic carbocycles. The average Bonchev–Trinajstić information content (AvgIpc) is 2.54. The van der Waals surface area contributed by atoms with Crippen LogP contribution in [0.15, 0.2) is 18.2 Å². The Labute approximate surface area is 134 Å². The number of phenolic OH excluding ortho intramolecular Hbond substituents is 1. The zero-order chi connectivity index (χ0) is 17.2. The SMILES string of the molecule is Cc1ccc(O)c(C(=O)OCC(=O)N(CCC#N)CCC#N)c1. The Hall–Kier alpha value is -3.06. The highest BCUT2D eigenvalue weighted by atomic mass is 16.5. The zero-order valence-corrected chi connectivity index (χ0v) is 12.8. The molecule has 0 bridgehead atoms. The van der Waals surface area contributed by atoms with Crippen LogP contribution in [0.3, 0.4) is 0 Å². The Balaban J connectivity index is 2.65. The Morgan fingerprint density at radius 3 is 2.39 bits per heavy atom. The van der Waals surface area contributed by atoms with Crippen LogP contribution in [0.4, 0.5) is 0 Å². The van der Waals surface area contributed by atoms with E-state index in [9.17, 15) is 14.7 Å². The molecule has 0 aliphatic heterocycles. The molecule has 0 radical (unpaired) electrons. The minimum Gasteiger partial charge on any atom is -0.507 e. The summed E-state index contributed by atoms with van der Waals surface area (Å²) in [4.78, 5) is 25.2. The summed E-state index contributed by atoms with van der Waals surface area (Å²) in [5.41, 5.74) is 0.754. The van der Waals surface area contributed by atoms with Gasteiger partial charge in [0, 0.05) is 13.1 Å². The molecule has 0 unspecified atom stereocenters. The quantitative estimate of drug-likeness (QED) is 0.763. The maximum Gasteiger partial charge on any atom is 0.342 e. The summed E-state index contributed by atoms with van der Waals surface area (Å²) in [6, 6.07) is 8.31. The number of carbonyl (C=O) groups excluding carboxylic acids is 2. The molecule has 7 heteroatoms. The van der Waals surface area contributed by atoms with Crippen molar-refractivity contribution >= 4 is 11.9 Å². The number of amides is 1. The Morgan fingerprint density at radius 2 is 1.83 bits per heavy atom. The van der Waals surface area contributed by atoms with Crippen molar-refractivity contribution in [3.05, 3.63) is 29.3 Å². The van der Waals surface area contributed by atoms with Gasteiger partial charge in [-0.05, 0) is 19.1 Å². The predicted octanol–water partition coefficient (Wildman–Crippen LogP) is 1.51. The topological polar surface area (TPSA) is 114 Å². The van der Waals surface area contributed by atoms with E-state index in [1.54, 1.807) is 13.0 Å². The first-order valence-electron chi connectivity index (χ1n) is 6.98. The van der Waals surface area contributed by atoms with Crippen LogP contribution in [0, 0.1) is 29.6 Å². The van der Waals surface area contributed by atoms with Gasteiger partial charge in [0.15, 0.2) is 6.61 Å². The molecule has 1 rings (SSSR count). The molecule has 1 amide bonds. The van der Waals surface area contributed by atoms with Gasteiger partial charge < -0.3 is 14.7 Å². The first-order valence-corrected chi connectivity index (χ1v) is 6.98. The van der Waals surface area contributed by atoms with E-state index in [0.29, 0.717) is 0 Å². The van der Waals surface area contributed by atoms with Gasteiger partial charge in [-0.1, -0.05) is 11.6 Å². The number of nitriles is 2. The number of rotatable bonds is 7. The highest BCUT2D eigenvalue weighted by molar-refractivity contribution is 5.94. The molecule has 0 saturated carbocycles. The molecule has 7 nitrogen and oxygen atoms in total. The lowest BCUT2D eigenvalue weighted by atomic mass is 10.1. The highest BCUT2D eigenvalue weighted by Gasteiger charge is 2.18. The molecule has 1 aromatic carbocycles. The van der Waals surface area contributed by atoms with Crippen LogP contribution in [0.5, 0.6) is 5.75 Å². The minimum absolute atomic E-state index is 0.0154. The lowest BCUT2D eigenvalue weighted by Crippen LogP contribution is -2.36. The predicted molar refractivity (Wildman–Crippen MR) is 80.2 cm³/mol. The van der Waals surface area contributed by atoms with Crippen molar-refractivity contribution in [1.29, 1.82) is 10.5 Å². The molecule has 120 valence electrons. The maximum absolute atomic E-state index is 12.0. The maximum atomic E-state index is 12.0. The Bertz CT molecular complexity index is 640. The number of aryl methyl sites for hydroxylation is 1. The van der Waals surface area contributed by atoms with Gasteiger partial charge in [0.25, 0.3) is 5.91 Å². The third-order valence-electron chi connectivity index (χ3n) is 3.04. The van der Waals surface area contributed by atoms with E-state index in [1.807, 2.05) is 12.1 Å². The van der Waals surface area contributed by atoms with Crippen LogP contribution < -0.4 is 0 Å². The van der Waals surface area contributed by atoms with Gasteiger partial charge in [-0.15, -0.1) is 0 Å². The van der Waals surface area contributed by atoms with Crippen molar-refractivity contribution in [2.45, 2.75) is 19.8 Å². The molecule has 0 heterocycles. The van der Waals surface area contributed by atoms with Crippen molar-refractivity contribution in [3.8, 4) is 17.9 Å². The number of carbonyl (C=O) groups is 2. The van der Waals surface area contributed by atoms with Crippen molar-refractivity contribution < 1.29 is 19.4 Å². The van der Waals surface area contributed by atoms with E-state index < -0.39 is 18.5 Å². The third-order valence-corrected chi connectivity index (χ3v) is 3.04. The smallest absolute Gasteiger partial charge is 0.342 e. The van der Waals surface area contributed by atoms with Crippen molar-refractivity contribution in [2.75, 3.05) is 19.7 Å². The van der Waals surface area contributed by atoms with Gasteiger partial charge in [-0.25, -0.2) is 4.79 Å². The number of aromatic hydroxyl groups is 1. The Kier molecular flexibility index (Phi) is 7.09. The van der Waals surface area contributed by atoms with E-state index in [0.717, 1.165) is 5.56 Å². The molecule has 0 fully saturated rings. The van der Waals surface area contributed by atoms with Crippen LogP contribution in [0.1, 0.15) is 28.8 Å². The first-order chi connectivity index (χ1) is 11.0.